The van der Waals surface area contributed by atoms with Crippen molar-refractivity contribution in [2.24, 2.45) is 5.92 Å². The molecule has 0 aromatic carbocycles. The topological polar surface area (TPSA) is 86.7 Å². The molecule has 3 amide bonds. The van der Waals surface area contributed by atoms with E-state index in [1.807, 2.05) is 6.92 Å². The minimum absolute atomic E-state index is 0.0692. The maximum absolute atomic E-state index is 11.9. The van der Waals surface area contributed by atoms with E-state index in [1.54, 1.807) is 0 Å². The average molecular weight is 270 g/mol. The van der Waals surface area contributed by atoms with E-state index in [0.29, 0.717) is 5.92 Å². The molecule has 1 aliphatic heterocycles. The van der Waals surface area contributed by atoms with E-state index in [9.17, 15) is 14.4 Å². The Kier molecular flexibility index (Phi) is 5.32. The molecule has 1 fully saturated rings. The number of urea groups is 1. The molecular formula is C13H22N2O4. The number of aliphatic carboxylic acids is 1. The van der Waals surface area contributed by atoms with E-state index in [1.165, 1.54) is 0 Å². The second-order valence-electron chi connectivity index (χ2n) is 5.02. The highest BCUT2D eigenvalue weighted by molar-refractivity contribution is 6.05. The first-order chi connectivity index (χ1) is 8.92. The van der Waals surface area contributed by atoms with Gasteiger partial charge in [-0.3, -0.25) is 4.79 Å². The summed E-state index contributed by atoms with van der Waals surface area (Å²) in [7, 11) is 0. The van der Waals surface area contributed by atoms with E-state index < -0.39 is 23.9 Å². The van der Waals surface area contributed by atoms with Crippen LogP contribution >= 0.6 is 0 Å². The Hall–Kier alpha value is -1.59. The monoisotopic (exact) mass is 270 g/mol. The van der Waals surface area contributed by atoms with Crippen molar-refractivity contribution in [2.75, 3.05) is 0 Å². The van der Waals surface area contributed by atoms with Crippen molar-refractivity contribution in [1.29, 1.82) is 0 Å². The molecule has 1 heterocycles. The number of amides is 3. The summed E-state index contributed by atoms with van der Waals surface area (Å²) in [6, 6.07) is -1.67. The van der Waals surface area contributed by atoms with Crippen LogP contribution < -0.4 is 5.32 Å². The van der Waals surface area contributed by atoms with Crippen LogP contribution in [0, 0.1) is 5.92 Å². The van der Waals surface area contributed by atoms with Gasteiger partial charge in [0.15, 0.2) is 0 Å². The van der Waals surface area contributed by atoms with Gasteiger partial charge in [0.2, 0.25) is 5.91 Å². The van der Waals surface area contributed by atoms with E-state index in [2.05, 4.69) is 19.2 Å². The Morgan fingerprint density at radius 1 is 1.47 bits per heavy atom. The molecule has 1 rings (SSSR count). The zero-order chi connectivity index (χ0) is 14.6. The molecule has 3 atom stereocenters. The lowest BCUT2D eigenvalue weighted by molar-refractivity contribution is -0.157. The summed E-state index contributed by atoms with van der Waals surface area (Å²) in [4.78, 5) is 34.9. The molecule has 0 spiro atoms. The molecular weight excluding hydrogens is 248 g/mol. The number of nitrogens with one attached hydrogen (secondary N) is 1. The van der Waals surface area contributed by atoms with Gasteiger partial charge < -0.3 is 10.4 Å². The molecule has 0 aromatic rings. The lowest BCUT2D eigenvalue weighted by Crippen LogP contribution is -2.63. The van der Waals surface area contributed by atoms with Crippen LogP contribution in [0.15, 0.2) is 0 Å². The number of carbonyl (C=O) groups excluding carboxylic acids is 2. The molecule has 0 saturated carbocycles. The third-order valence-electron chi connectivity index (χ3n) is 3.69. The van der Waals surface area contributed by atoms with Crippen molar-refractivity contribution < 1.29 is 19.5 Å². The Balaban J connectivity index is 2.58. The predicted molar refractivity (Wildman–Crippen MR) is 69.6 cm³/mol. The molecule has 1 saturated heterocycles. The number of imide groups is 1. The van der Waals surface area contributed by atoms with Crippen molar-refractivity contribution in [3.8, 4) is 0 Å². The predicted octanol–water partition coefficient (Wildman–Crippen LogP) is 1.60. The minimum atomic E-state index is -1.14. The van der Waals surface area contributed by atoms with Gasteiger partial charge in [0.1, 0.15) is 6.04 Å². The van der Waals surface area contributed by atoms with Crippen molar-refractivity contribution in [3.63, 3.8) is 0 Å². The highest BCUT2D eigenvalue weighted by atomic mass is 16.4. The highest BCUT2D eigenvalue weighted by Gasteiger charge is 2.45. The van der Waals surface area contributed by atoms with Gasteiger partial charge in [0.25, 0.3) is 0 Å². The van der Waals surface area contributed by atoms with Gasteiger partial charge in [-0.15, -0.1) is 0 Å². The summed E-state index contributed by atoms with van der Waals surface area (Å²) >= 11 is 0. The number of likely N-dealkylation sites (tertiary alicyclic amines) is 1. The van der Waals surface area contributed by atoms with Crippen LogP contribution in [0.4, 0.5) is 4.79 Å². The molecule has 6 heteroatoms. The maximum Gasteiger partial charge on any atom is 0.327 e. The Bertz CT molecular complexity index is 370. The molecule has 0 bridgehead atoms. The normalized spacial score (nSPS) is 21.5. The molecule has 6 nitrogen and oxygen atoms in total. The Morgan fingerprint density at radius 3 is 2.53 bits per heavy atom. The van der Waals surface area contributed by atoms with Gasteiger partial charge in [0.05, 0.1) is 6.42 Å². The fraction of sp³-hybridized carbons (Fsp3) is 0.769. The zero-order valence-electron chi connectivity index (χ0n) is 11.7. The van der Waals surface area contributed by atoms with Crippen LogP contribution in [-0.2, 0) is 9.59 Å². The molecule has 2 N–H and O–H groups in total. The number of hydrogen-bond acceptors (Lipinski definition) is 3. The lowest BCUT2D eigenvalue weighted by Gasteiger charge is -2.37. The fourth-order valence-electron chi connectivity index (χ4n) is 2.43. The van der Waals surface area contributed by atoms with Crippen LogP contribution in [0.25, 0.3) is 0 Å². The molecule has 3 unspecified atom stereocenters. The number of hydrogen-bond donors (Lipinski definition) is 2. The SMILES string of the molecule is CCCC(CC)C(C)NC(=O)N1C(=O)CC1C(=O)O. The smallest absolute Gasteiger partial charge is 0.327 e. The largest absolute Gasteiger partial charge is 0.480 e. The van der Waals surface area contributed by atoms with Gasteiger partial charge in [0, 0.05) is 6.04 Å². The number of β-lactam (4-membered cyclic amide) rings is 1. The van der Waals surface area contributed by atoms with Crippen LogP contribution in [0.3, 0.4) is 0 Å². The fourth-order valence-corrected chi connectivity index (χ4v) is 2.43. The van der Waals surface area contributed by atoms with Crippen molar-refractivity contribution >= 4 is 17.9 Å². The van der Waals surface area contributed by atoms with Gasteiger partial charge in [-0.1, -0.05) is 26.7 Å². The summed E-state index contributed by atoms with van der Waals surface area (Å²) in [6.07, 6.45) is 2.86. The van der Waals surface area contributed by atoms with Gasteiger partial charge >= 0.3 is 12.0 Å². The van der Waals surface area contributed by atoms with Gasteiger partial charge in [-0.25, -0.2) is 14.5 Å². The van der Waals surface area contributed by atoms with E-state index in [-0.39, 0.29) is 12.5 Å². The molecule has 19 heavy (non-hydrogen) atoms. The maximum atomic E-state index is 11.9. The summed E-state index contributed by atoms with van der Waals surface area (Å²) in [5.41, 5.74) is 0. The van der Waals surface area contributed by atoms with Crippen LogP contribution in [0.2, 0.25) is 0 Å². The summed E-state index contributed by atoms with van der Waals surface area (Å²) < 4.78 is 0. The first-order valence-electron chi connectivity index (χ1n) is 6.77. The number of carbonyl (C=O) groups is 3. The van der Waals surface area contributed by atoms with Crippen LogP contribution in [0.5, 0.6) is 0 Å². The lowest BCUT2D eigenvalue weighted by atomic mass is 9.93. The van der Waals surface area contributed by atoms with Gasteiger partial charge in [-0.2, -0.15) is 0 Å². The summed E-state index contributed by atoms with van der Waals surface area (Å²) in [5, 5.41) is 11.6. The van der Waals surface area contributed by atoms with E-state index in [0.717, 1.165) is 24.2 Å². The molecule has 0 aliphatic carbocycles. The first kappa shape index (κ1) is 15.5. The third-order valence-corrected chi connectivity index (χ3v) is 3.69. The second-order valence-corrected chi connectivity index (χ2v) is 5.02. The standard InChI is InChI=1S/C13H22N2O4/c1-4-6-9(5-2)8(3)14-13(19)15-10(12(17)18)7-11(15)16/h8-10H,4-7H2,1-3H3,(H,14,19)(H,17,18). The van der Waals surface area contributed by atoms with Gasteiger partial charge in [-0.05, 0) is 19.3 Å². The summed E-state index contributed by atoms with van der Waals surface area (Å²) in [5.74, 6) is -1.22. The first-order valence-corrected chi connectivity index (χ1v) is 6.77. The number of carboxylic acid groups (broad SMARTS) is 1. The van der Waals surface area contributed by atoms with Crippen molar-refractivity contribution in [3.05, 3.63) is 0 Å². The molecule has 108 valence electrons. The minimum Gasteiger partial charge on any atom is -0.480 e. The number of rotatable bonds is 6. The van der Waals surface area contributed by atoms with E-state index in [4.69, 9.17) is 5.11 Å². The molecule has 0 radical (unpaired) electrons. The number of carboxylic acids is 1. The van der Waals surface area contributed by atoms with Crippen molar-refractivity contribution in [1.82, 2.24) is 10.2 Å². The Morgan fingerprint density at radius 2 is 2.11 bits per heavy atom. The summed E-state index contributed by atoms with van der Waals surface area (Å²) in [6.45, 7) is 6.02. The number of nitrogens with zero attached hydrogens (tertiary/aromatic N) is 1. The van der Waals surface area contributed by atoms with E-state index >= 15 is 0 Å². The molecule has 1 aliphatic rings. The molecule has 0 aromatic heterocycles. The second kappa shape index (κ2) is 6.54. The van der Waals surface area contributed by atoms with Crippen LogP contribution in [0.1, 0.15) is 46.5 Å². The Labute approximate surface area is 113 Å². The highest BCUT2D eigenvalue weighted by Crippen LogP contribution is 2.21. The third kappa shape index (κ3) is 3.45. The zero-order valence-corrected chi connectivity index (χ0v) is 11.7. The van der Waals surface area contributed by atoms with Crippen LogP contribution in [-0.4, -0.2) is 40.0 Å². The quantitative estimate of drug-likeness (QED) is 0.718. The van der Waals surface area contributed by atoms with Crippen molar-refractivity contribution in [2.45, 2.75) is 58.5 Å². The average Bonchev–Trinajstić information content (AvgIpc) is 2.31.